The number of fused-ring (bicyclic) bond motifs is 1. The van der Waals surface area contributed by atoms with Gasteiger partial charge in [-0.05, 0) is 6.92 Å². The van der Waals surface area contributed by atoms with Crippen LogP contribution in [0.5, 0.6) is 0 Å². The number of carbonyl (C=O) groups excluding carboxylic acids is 1. The van der Waals surface area contributed by atoms with Crippen molar-refractivity contribution in [1.29, 1.82) is 0 Å². The molecule has 2 heterocycles. The van der Waals surface area contributed by atoms with Crippen molar-refractivity contribution in [2.45, 2.75) is 26.4 Å². The second kappa shape index (κ2) is 2.94. The molecule has 0 aromatic carbocycles. The Labute approximate surface area is 80.8 Å². The number of aromatic nitrogens is 2. The lowest BCUT2D eigenvalue weighted by Crippen LogP contribution is -2.25. The molecule has 5 heteroatoms. The predicted molar refractivity (Wildman–Crippen MR) is 49.5 cm³/mol. The maximum atomic E-state index is 11.4. The molecule has 0 spiro atoms. The third-order valence-electron chi connectivity index (χ3n) is 2.58. The van der Waals surface area contributed by atoms with Gasteiger partial charge < -0.3 is 9.88 Å². The summed E-state index contributed by atoms with van der Waals surface area (Å²) in [6.07, 6.45) is 1.38. The van der Waals surface area contributed by atoms with E-state index < -0.39 is 0 Å². The van der Waals surface area contributed by atoms with Gasteiger partial charge in [-0.25, -0.2) is 4.98 Å². The maximum absolute atomic E-state index is 11.4. The Kier molecular flexibility index (Phi) is 1.87. The SMILES string of the molecule is CC(=O)N1Cc2c(nc[nH]c2=O)C1C. The van der Waals surface area contributed by atoms with Gasteiger partial charge in [0.2, 0.25) is 5.91 Å². The van der Waals surface area contributed by atoms with Gasteiger partial charge in [-0.1, -0.05) is 0 Å². The average molecular weight is 193 g/mol. The minimum absolute atomic E-state index is 0.0325. The standard InChI is InChI=1S/C9H11N3O2/c1-5-8-7(3-12(5)6(2)13)9(14)11-4-10-8/h4-5H,3H2,1-2H3,(H,10,11,14). The Morgan fingerprint density at radius 3 is 3.00 bits per heavy atom. The molecule has 0 saturated carbocycles. The van der Waals surface area contributed by atoms with E-state index in [0.29, 0.717) is 17.8 Å². The van der Waals surface area contributed by atoms with Crippen LogP contribution < -0.4 is 5.56 Å². The summed E-state index contributed by atoms with van der Waals surface area (Å²) in [5.41, 5.74) is 1.17. The smallest absolute Gasteiger partial charge is 0.256 e. The molecule has 1 aliphatic rings. The Morgan fingerprint density at radius 2 is 2.43 bits per heavy atom. The summed E-state index contributed by atoms with van der Waals surface area (Å²) in [6.45, 7) is 3.74. The number of nitrogens with one attached hydrogen (secondary N) is 1. The van der Waals surface area contributed by atoms with E-state index in [1.165, 1.54) is 13.3 Å². The molecule has 0 bridgehead atoms. The second-order valence-electron chi connectivity index (χ2n) is 3.42. The van der Waals surface area contributed by atoms with E-state index in [4.69, 9.17) is 0 Å². The summed E-state index contributed by atoms with van der Waals surface area (Å²) in [5.74, 6) is -0.0325. The molecule has 0 saturated heterocycles. The monoisotopic (exact) mass is 193 g/mol. The number of carbonyl (C=O) groups is 1. The molecule has 0 fully saturated rings. The highest BCUT2D eigenvalue weighted by molar-refractivity contribution is 5.74. The number of aromatic amines is 1. The Balaban J connectivity index is 2.50. The zero-order valence-corrected chi connectivity index (χ0v) is 8.07. The van der Waals surface area contributed by atoms with E-state index in [2.05, 4.69) is 9.97 Å². The van der Waals surface area contributed by atoms with E-state index in [1.807, 2.05) is 6.92 Å². The number of H-pyrrole nitrogens is 1. The predicted octanol–water partition coefficient (Wildman–Crippen LogP) is 0.193. The quantitative estimate of drug-likeness (QED) is 0.639. The third-order valence-corrected chi connectivity index (χ3v) is 2.58. The largest absolute Gasteiger partial charge is 0.330 e. The summed E-state index contributed by atoms with van der Waals surface area (Å²) in [6, 6.07) is -0.0928. The molecule has 1 amide bonds. The van der Waals surface area contributed by atoms with E-state index in [0.717, 1.165) is 0 Å². The van der Waals surface area contributed by atoms with Gasteiger partial charge in [0, 0.05) is 6.92 Å². The highest BCUT2D eigenvalue weighted by Crippen LogP contribution is 2.28. The molecular weight excluding hydrogens is 182 g/mol. The fourth-order valence-electron chi connectivity index (χ4n) is 1.79. The van der Waals surface area contributed by atoms with Crippen molar-refractivity contribution in [3.63, 3.8) is 0 Å². The topological polar surface area (TPSA) is 66.1 Å². The van der Waals surface area contributed by atoms with E-state index in [9.17, 15) is 9.59 Å². The van der Waals surface area contributed by atoms with Gasteiger partial charge in [0.1, 0.15) is 0 Å². The van der Waals surface area contributed by atoms with Crippen LogP contribution in [-0.2, 0) is 11.3 Å². The minimum atomic E-state index is -0.148. The first-order chi connectivity index (χ1) is 6.61. The van der Waals surface area contributed by atoms with Crippen molar-refractivity contribution in [3.05, 3.63) is 27.9 Å². The van der Waals surface area contributed by atoms with Gasteiger partial charge in [0.05, 0.1) is 30.2 Å². The van der Waals surface area contributed by atoms with Gasteiger partial charge in [0.25, 0.3) is 5.56 Å². The summed E-state index contributed by atoms with van der Waals surface area (Å²) in [7, 11) is 0. The number of hydrogen-bond acceptors (Lipinski definition) is 3. The van der Waals surface area contributed by atoms with Crippen LogP contribution in [-0.4, -0.2) is 20.8 Å². The van der Waals surface area contributed by atoms with Crippen molar-refractivity contribution in [1.82, 2.24) is 14.9 Å². The number of hydrogen-bond donors (Lipinski definition) is 1. The van der Waals surface area contributed by atoms with E-state index in [1.54, 1.807) is 4.90 Å². The van der Waals surface area contributed by atoms with Gasteiger partial charge in [0.15, 0.2) is 0 Å². The fraction of sp³-hybridized carbons (Fsp3) is 0.444. The summed E-state index contributed by atoms with van der Waals surface area (Å²) in [4.78, 5) is 30.8. The van der Waals surface area contributed by atoms with Crippen molar-refractivity contribution < 1.29 is 4.79 Å². The number of nitrogens with zero attached hydrogens (tertiary/aromatic N) is 2. The van der Waals surface area contributed by atoms with E-state index in [-0.39, 0.29) is 17.5 Å². The molecule has 74 valence electrons. The van der Waals surface area contributed by atoms with Gasteiger partial charge in [-0.3, -0.25) is 9.59 Å². The van der Waals surface area contributed by atoms with Crippen molar-refractivity contribution in [2.24, 2.45) is 0 Å². The van der Waals surface area contributed by atoms with Crippen LogP contribution in [0.15, 0.2) is 11.1 Å². The number of rotatable bonds is 0. The summed E-state index contributed by atoms with van der Waals surface area (Å²) in [5, 5.41) is 0. The molecule has 5 nitrogen and oxygen atoms in total. The van der Waals surface area contributed by atoms with Gasteiger partial charge in [-0.2, -0.15) is 0 Å². The lowest BCUT2D eigenvalue weighted by Gasteiger charge is -2.18. The zero-order chi connectivity index (χ0) is 10.3. The molecule has 0 aliphatic carbocycles. The Morgan fingerprint density at radius 1 is 1.71 bits per heavy atom. The van der Waals surface area contributed by atoms with Crippen LogP contribution in [0.3, 0.4) is 0 Å². The average Bonchev–Trinajstić information content (AvgIpc) is 2.46. The maximum Gasteiger partial charge on any atom is 0.256 e. The Hall–Kier alpha value is -1.65. The third kappa shape index (κ3) is 1.13. The van der Waals surface area contributed by atoms with Crippen LogP contribution in [0.1, 0.15) is 31.1 Å². The normalized spacial score (nSPS) is 19.6. The molecule has 0 radical (unpaired) electrons. The second-order valence-corrected chi connectivity index (χ2v) is 3.42. The summed E-state index contributed by atoms with van der Waals surface area (Å²) < 4.78 is 0. The molecule has 1 aromatic rings. The minimum Gasteiger partial charge on any atom is -0.330 e. The summed E-state index contributed by atoms with van der Waals surface area (Å²) >= 11 is 0. The van der Waals surface area contributed by atoms with Crippen LogP contribution in [0.25, 0.3) is 0 Å². The van der Waals surface area contributed by atoms with Gasteiger partial charge >= 0.3 is 0 Å². The highest BCUT2D eigenvalue weighted by Gasteiger charge is 2.31. The first-order valence-corrected chi connectivity index (χ1v) is 4.45. The first-order valence-electron chi connectivity index (χ1n) is 4.45. The van der Waals surface area contributed by atoms with Crippen LogP contribution in [0.2, 0.25) is 0 Å². The van der Waals surface area contributed by atoms with Crippen molar-refractivity contribution >= 4 is 5.91 Å². The van der Waals surface area contributed by atoms with Gasteiger partial charge in [-0.15, -0.1) is 0 Å². The van der Waals surface area contributed by atoms with Crippen molar-refractivity contribution in [2.75, 3.05) is 0 Å². The molecule has 1 unspecified atom stereocenters. The first kappa shape index (κ1) is 8.93. The molecule has 2 rings (SSSR count). The van der Waals surface area contributed by atoms with Crippen LogP contribution >= 0.6 is 0 Å². The lowest BCUT2D eigenvalue weighted by molar-refractivity contribution is -0.130. The van der Waals surface area contributed by atoms with E-state index >= 15 is 0 Å². The zero-order valence-electron chi connectivity index (χ0n) is 8.07. The lowest BCUT2D eigenvalue weighted by atomic mass is 10.2. The Bertz CT molecular complexity index is 438. The van der Waals surface area contributed by atoms with Crippen molar-refractivity contribution in [3.8, 4) is 0 Å². The molecule has 14 heavy (non-hydrogen) atoms. The van der Waals surface area contributed by atoms with Crippen LogP contribution in [0.4, 0.5) is 0 Å². The number of amides is 1. The van der Waals surface area contributed by atoms with Crippen LogP contribution in [0, 0.1) is 0 Å². The fourth-order valence-corrected chi connectivity index (χ4v) is 1.79. The molecule has 1 N–H and O–H groups in total. The molecular formula is C9H11N3O2. The highest BCUT2D eigenvalue weighted by atomic mass is 16.2. The molecule has 1 atom stereocenters. The molecule has 1 aromatic heterocycles. The molecule has 1 aliphatic heterocycles.